The molecule has 1 aromatic carbocycles. The van der Waals surface area contributed by atoms with E-state index in [-0.39, 0.29) is 5.41 Å². The van der Waals surface area contributed by atoms with Crippen LogP contribution in [0.3, 0.4) is 0 Å². The predicted molar refractivity (Wildman–Crippen MR) is 102 cm³/mol. The molecule has 3 fully saturated rings. The van der Waals surface area contributed by atoms with Gasteiger partial charge in [-0.25, -0.2) is 0 Å². The van der Waals surface area contributed by atoms with Crippen molar-refractivity contribution in [3.63, 3.8) is 0 Å². The third kappa shape index (κ3) is 2.81. The molecule has 4 aliphatic rings. The molecule has 2 unspecified atom stereocenters. The van der Waals surface area contributed by atoms with Crippen LogP contribution in [0, 0.1) is 11.8 Å². The highest BCUT2D eigenvalue weighted by molar-refractivity contribution is 5.80. The molecule has 0 aromatic heterocycles. The Morgan fingerprint density at radius 3 is 2.58 bits per heavy atom. The lowest BCUT2D eigenvalue weighted by Gasteiger charge is -2.25. The van der Waals surface area contributed by atoms with Gasteiger partial charge in [0.1, 0.15) is 0 Å². The number of aliphatic imine (C=N–C) groups is 1. The summed E-state index contributed by atoms with van der Waals surface area (Å²) in [6.07, 6.45) is 8.07. The lowest BCUT2D eigenvalue weighted by atomic mass is 9.82. The number of nitrogens with one attached hydrogen (secondary N) is 1. The van der Waals surface area contributed by atoms with E-state index in [1.807, 2.05) is 7.05 Å². The van der Waals surface area contributed by atoms with Gasteiger partial charge in [0.2, 0.25) is 6.79 Å². The van der Waals surface area contributed by atoms with Crippen LogP contribution in [0.15, 0.2) is 23.2 Å². The molecule has 2 heterocycles. The number of ether oxygens (including phenoxy) is 2. The SMILES string of the molecule is CN=C(NCC1(c2ccc3c(c2)OCO3)CC1)N1CC2CCCCC2C1. The minimum Gasteiger partial charge on any atom is -0.454 e. The molecule has 5 heteroatoms. The van der Waals surface area contributed by atoms with Crippen molar-refractivity contribution in [2.75, 3.05) is 33.5 Å². The molecule has 5 rings (SSSR count). The Labute approximate surface area is 155 Å². The van der Waals surface area contributed by atoms with Crippen molar-refractivity contribution >= 4 is 5.96 Å². The van der Waals surface area contributed by atoms with Crippen molar-refractivity contribution < 1.29 is 9.47 Å². The van der Waals surface area contributed by atoms with Crippen molar-refractivity contribution in [2.45, 2.75) is 43.9 Å². The number of likely N-dealkylation sites (tertiary alicyclic amines) is 1. The minimum atomic E-state index is 0.226. The highest BCUT2D eigenvalue weighted by Gasteiger charge is 2.45. The van der Waals surface area contributed by atoms with E-state index in [2.05, 4.69) is 33.4 Å². The average Bonchev–Trinajstić information content (AvgIpc) is 3.12. The fourth-order valence-electron chi connectivity index (χ4n) is 5.10. The van der Waals surface area contributed by atoms with Gasteiger partial charge in [-0.2, -0.15) is 0 Å². The number of benzene rings is 1. The third-order valence-electron chi connectivity index (χ3n) is 6.91. The van der Waals surface area contributed by atoms with Gasteiger partial charge >= 0.3 is 0 Å². The van der Waals surface area contributed by atoms with Crippen LogP contribution in [-0.2, 0) is 5.41 Å². The van der Waals surface area contributed by atoms with Crippen molar-refractivity contribution in [1.29, 1.82) is 0 Å². The number of hydrogen-bond donors (Lipinski definition) is 1. The van der Waals surface area contributed by atoms with Gasteiger partial charge in [-0.3, -0.25) is 4.99 Å². The van der Waals surface area contributed by atoms with E-state index in [9.17, 15) is 0 Å². The van der Waals surface area contributed by atoms with Crippen LogP contribution in [-0.4, -0.2) is 44.3 Å². The van der Waals surface area contributed by atoms with Crippen LogP contribution in [0.25, 0.3) is 0 Å². The smallest absolute Gasteiger partial charge is 0.231 e. The second-order valence-corrected chi connectivity index (χ2v) is 8.46. The molecule has 1 saturated heterocycles. The van der Waals surface area contributed by atoms with E-state index >= 15 is 0 Å². The zero-order valence-electron chi connectivity index (χ0n) is 15.7. The van der Waals surface area contributed by atoms with E-state index in [1.54, 1.807) is 0 Å². The number of nitrogens with zero attached hydrogens (tertiary/aromatic N) is 2. The van der Waals surface area contributed by atoms with Crippen LogP contribution in [0.5, 0.6) is 11.5 Å². The van der Waals surface area contributed by atoms with E-state index in [0.29, 0.717) is 6.79 Å². The normalized spacial score (nSPS) is 28.8. The summed E-state index contributed by atoms with van der Waals surface area (Å²) >= 11 is 0. The predicted octanol–water partition coefficient (Wildman–Crippen LogP) is 3.14. The fraction of sp³-hybridized carbons (Fsp3) is 0.667. The third-order valence-corrected chi connectivity index (χ3v) is 6.91. The molecule has 2 saturated carbocycles. The summed E-state index contributed by atoms with van der Waals surface area (Å²) in [5, 5.41) is 3.69. The van der Waals surface area contributed by atoms with Gasteiger partial charge in [-0.15, -0.1) is 0 Å². The van der Waals surface area contributed by atoms with Gasteiger partial charge in [0, 0.05) is 32.1 Å². The Morgan fingerprint density at radius 2 is 1.88 bits per heavy atom. The first kappa shape index (κ1) is 16.3. The van der Waals surface area contributed by atoms with Crippen LogP contribution >= 0.6 is 0 Å². The lowest BCUT2D eigenvalue weighted by Crippen LogP contribution is -2.43. The molecule has 1 aromatic rings. The van der Waals surface area contributed by atoms with Gasteiger partial charge in [-0.05, 0) is 55.2 Å². The molecule has 2 atom stereocenters. The minimum absolute atomic E-state index is 0.226. The molecular formula is C21H29N3O2. The number of guanidine groups is 1. The molecule has 140 valence electrons. The number of rotatable bonds is 3. The summed E-state index contributed by atoms with van der Waals surface area (Å²) in [5.74, 6) is 4.61. The molecule has 2 aliphatic carbocycles. The maximum Gasteiger partial charge on any atom is 0.231 e. The van der Waals surface area contributed by atoms with Crippen LogP contribution < -0.4 is 14.8 Å². The van der Waals surface area contributed by atoms with E-state index in [4.69, 9.17) is 9.47 Å². The summed E-state index contributed by atoms with van der Waals surface area (Å²) in [5.41, 5.74) is 1.59. The molecule has 0 spiro atoms. The fourth-order valence-corrected chi connectivity index (χ4v) is 5.10. The summed E-state index contributed by atoms with van der Waals surface area (Å²) in [4.78, 5) is 7.09. The summed E-state index contributed by atoms with van der Waals surface area (Å²) < 4.78 is 11.0. The maximum atomic E-state index is 5.57. The van der Waals surface area contributed by atoms with Crippen molar-refractivity contribution in [3.05, 3.63) is 23.8 Å². The molecule has 0 amide bonds. The second-order valence-electron chi connectivity index (χ2n) is 8.46. The van der Waals surface area contributed by atoms with E-state index in [0.717, 1.165) is 35.8 Å². The number of hydrogen-bond acceptors (Lipinski definition) is 3. The van der Waals surface area contributed by atoms with Gasteiger partial charge in [-0.1, -0.05) is 18.9 Å². The van der Waals surface area contributed by atoms with Crippen molar-refractivity contribution in [2.24, 2.45) is 16.8 Å². The summed E-state index contributed by atoms with van der Waals surface area (Å²) in [6, 6.07) is 6.43. The first-order valence-corrected chi connectivity index (χ1v) is 10.1. The largest absolute Gasteiger partial charge is 0.454 e. The zero-order chi connectivity index (χ0) is 17.6. The van der Waals surface area contributed by atoms with Crippen LogP contribution in [0.1, 0.15) is 44.1 Å². The average molecular weight is 355 g/mol. The Morgan fingerprint density at radius 1 is 1.15 bits per heavy atom. The number of fused-ring (bicyclic) bond motifs is 2. The molecule has 1 N–H and O–H groups in total. The monoisotopic (exact) mass is 355 g/mol. The Kier molecular flexibility index (Phi) is 3.98. The summed E-state index contributed by atoms with van der Waals surface area (Å²) in [6.45, 7) is 3.65. The van der Waals surface area contributed by atoms with Gasteiger partial charge in [0.15, 0.2) is 17.5 Å². The molecule has 2 aliphatic heterocycles. The summed E-state index contributed by atoms with van der Waals surface area (Å²) in [7, 11) is 1.92. The van der Waals surface area contributed by atoms with Gasteiger partial charge in [0.25, 0.3) is 0 Å². The van der Waals surface area contributed by atoms with E-state index in [1.165, 1.54) is 57.2 Å². The highest BCUT2D eigenvalue weighted by Crippen LogP contribution is 2.50. The van der Waals surface area contributed by atoms with E-state index < -0.39 is 0 Å². The standard InChI is InChI=1S/C21H29N3O2/c1-22-20(24-11-15-4-2-3-5-16(15)12-24)23-13-21(8-9-21)17-6-7-18-19(10-17)26-14-25-18/h6-7,10,15-16H,2-5,8-9,11-14H2,1H3,(H,22,23). The first-order valence-electron chi connectivity index (χ1n) is 10.1. The zero-order valence-corrected chi connectivity index (χ0v) is 15.7. The maximum absolute atomic E-state index is 5.57. The Bertz CT molecular complexity index is 699. The highest BCUT2D eigenvalue weighted by atomic mass is 16.7. The van der Waals surface area contributed by atoms with Crippen LogP contribution in [0.4, 0.5) is 0 Å². The topological polar surface area (TPSA) is 46.1 Å². The van der Waals surface area contributed by atoms with Crippen molar-refractivity contribution in [3.8, 4) is 11.5 Å². The lowest BCUT2D eigenvalue weighted by molar-refractivity contribution is 0.174. The first-order chi connectivity index (χ1) is 12.8. The molecule has 26 heavy (non-hydrogen) atoms. The van der Waals surface area contributed by atoms with Gasteiger partial charge in [0.05, 0.1) is 0 Å². The molecule has 5 nitrogen and oxygen atoms in total. The molecule has 0 radical (unpaired) electrons. The van der Waals surface area contributed by atoms with Gasteiger partial charge < -0.3 is 19.7 Å². The molecular weight excluding hydrogens is 326 g/mol. The quantitative estimate of drug-likeness (QED) is 0.668. The molecule has 0 bridgehead atoms. The van der Waals surface area contributed by atoms with Crippen molar-refractivity contribution in [1.82, 2.24) is 10.2 Å². The van der Waals surface area contributed by atoms with Crippen LogP contribution in [0.2, 0.25) is 0 Å². The Hall–Kier alpha value is -1.91. The Balaban J connectivity index is 1.25. The second kappa shape index (κ2) is 6.36.